The molecule has 0 saturated heterocycles. The van der Waals surface area contributed by atoms with E-state index in [9.17, 15) is 28.0 Å². The minimum atomic E-state index is -4.91. The van der Waals surface area contributed by atoms with Gasteiger partial charge in [0, 0.05) is 10.0 Å². The van der Waals surface area contributed by atoms with Crippen LogP contribution in [0.15, 0.2) is 68.3 Å². The molecular weight excluding hydrogens is 633 g/mol. The van der Waals surface area contributed by atoms with Crippen LogP contribution in [0.3, 0.4) is 0 Å². The van der Waals surface area contributed by atoms with Crippen molar-refractivity contribution in [3.63, 3.8) is 0 Å². The summed E-state index contributed by atoms with van der Waals surface area (Å²) in [7, 11) is 2.82. The fourth-order valence-corrected chi connectivity index (χ4v) is 4.75. The second-order valence-corrected chi connectivity index (χ2v) is 10.9. The quantitative estimate of drug-likeness (QED) is 0.209. The minimum absolute atomic E-state index is 0.0235. The van der Waals surface area contributed by atoms with E-state index in [4.69, 9.17) is 0 Å². The molecule has 0 aliphatic heterocycles. The monoisotopic (exact) mass is 658 g/mol. The predicted octanol–water partition coefficient (Wildman–Crippen LogP) is 6.00. The summed E-state index contributed by atoms with van der Waals surface area (Å²) in [6.07, 6.45) is -4.76. The van der Waals surface area contributed by atoms with Gasteiger partial charge in [0.2, 0.25) is 0 Å². The Kier molecular flexibility index (Phi) is 9.56. The lowest BCUT2D eigenvalue weighted by atomic mass is 10.1. The normalized spacial score (nSPS) is 12.9. The molecule has 12 heteroatoms. The number of quaternary nitrogens is 1. The zero-order valence-corrected chi connectivity index (χ0v) is 24.2. The summed E-state index contributed by atoms with van der Waals surface area (Å²) < 4.78 is 42.3. The van der Waals surface area contributed by atoms with Gasteiger partial charge in [0.1, 0.15) is 10.3 Å². The van der Waals surface area contributed by atoms with Crippen molar-refractivity contribution in [2.45, 2.75) is 32.1 Å². The molecule has 38 heavy (non-hydrogen) atoms. The van der Waals surface area contributed by atoms with E-state index in [2.05, 4.69) is 36.8 Å². The lowest BCUT2D eigenvalue weighted by Crippen LogP contribution is -2.46. The van der Waals surface area contributed by atoms with Gasteiger partial charge in [-0.25, -0.2) is 4.98 Å². The van der Waals surface area contributed by atoms with Crippen molar-refractivity contribution in [3.8, 4) is 0 Å². The van der Waals surface area contributed by atoms with E-state index < -0.39 is 38.5 Å². The highest BCUT2D eigenvalue weighted by Crippen LogP contribution is 2.34. The number of carbonyl (C=O) groups excluding carboxylic acids is 1. The Hall–Kier alpha value is -2.54. The number of benzene rings is 2. The fraction of sp³-hybridized carbons (Fsp3) is 0.346. The van der Waals surface area contributed by atoms with Crippen LogP contribution in [0.1, 0.15) is 46.8 Å². The second-order valence-electron chi connectivity index (χ2n) is 9.23. The number of halogens is 5. The zero-order chi connectivity index (χ0) is 28.3. The van der Waals surface area contributed by atoms with Gasteiger partial charge < -0.3 is 14.8 Å². The smallest absolute Gasteiger partial charge is 0.434 e. The first-order valence-corrected chi connectivity index (χ1v) is 13.3. The molecule has 2 aromatic carbocycles. The van der Waals surface area contributed by atoms with Gasteiger partial charge in [0.05, 0.1) is 39.8 Å². The van der Waals surface area contributed by atoms with Crippen LogP contribution in [0.5, 0.6) is 0 Å². The van der Waals surface area contributed by atoms with Gasteiger partial charge in [0.15, 0.2) is 5.69 Å². The summed E-state index contributed by atoms with van der Waals surface area (Å²) in [5, 5.41) is 12.4. The molecule has 204 valence electrons. The maximum Gasteiger partial charge on any atom is 0.434 e. The van der Waals surface area contributed by atoms with Gasteiger partial charge in [-0.15, -0.1) is 0 Å². The number of hydrogen-bond acceptors (Lipinski definition) is 4. The van der Waals surface area contributed by atoms with Crippen LogP contribution in [-0.4, -0.2) is 52.2 Å². The Morgan fingerprint density at radius 1 is 1.11 bits per heavy atom. The first kappa shape index (κ1) is 30.0. The van der Waals surface area contributed by atoms with Gasteiger partial charge in [-0.3, -0.25) is 14.2 Å². The van der Waals surface area contributed by atoms with E-state index in [1.54, 1.807) is 61.5 Å². The van der Waals surface area contributed by atoms with Crippen LogP contribution in [0.2, 0.25) is 0 Å². The predicted molar refractivity (Wildman–Crippen MR) is 145 cm³/mol. The molecule has 0 saturated carbocycles. The highest BCUT2D eigenvalue weighted by Gasteiger charge is 2.39. The average Bonchev–Trinajstić information content (AvgIpc) is 2.84. The maximum absolute atomic E-state index is 13.9. The Balaban J connectivity index is 2.24. The summed E-state index contributed by atoms with van der Waals surface area (Å²) in [4.78, 5) is 32.3. The molecule has 0 aliphatic carbocycles. The molecule has 0 aliphatic rings. The van der Waals surface area contributed by atoms with Crippen LogP contribution >= 0.6 is 31.9 Å². The van der Waals surface area contributed by atoms with E-state index in [0.29, 0.717) is 5.56 Å². The molecule has 0 fully saturated rings. The van der Waals surface area contributed by atoms with Crippen LogP contribution in [-0.2, 0) is 12.7 Å². The Morgan fingerprint density at radius 3 is 2.24 bits per heavy atom. The van der Waals surface area contributed by atoms with Crippen molar-refractivity contribution in [1.82, 2.24) is 14.5 Å². The van der Waals surface area contributed by atoms with Crippen LogP contribution in [0.4, 0.5) is 13.2 Å². The second kappa shape index (κ2) is 12.1. The number of alkyl halides is 3. The molecule has 0 radical (unpaired) electrons. The number of likely N-dealkylation sites (N-methyl/N-ethyl adjacent to an activating group) is 1. The average molecular weight is 660 g/mol. The van der Waals surface area contributed by atoms with Crippen molar-refractivity contribution >= 4 is 37.8 Å². The van der Waals surface area contributed by atoms with Gasteiger partial charge in [0.25, 0.3) is 11.5 Å². The highest BCUT2D eigenvalue weighted by atomic mass is 79.9. The number of amides is 1. The number of carbonyl (C=O) groups is 1. The number of rotatable bonds is 9. The zero-order valence-electron chi connectivity index (χ0n) is 21.0. The number of nitrogens with zero attached hydrogens (tertiary/aromatic N) is 4. The van der Waals surface area contributed by atoms with Crippen LogP contribution in [0, 0.1) is 5.21 Å². The van der Waals surface area contributed by atoms with Crippen LogP contribution in [0.25, 0.3) is 0 Å². The third-order valence-electron chi connectivity index (χ3n) is 5.89. The molecule has 7 nitrogen and oxygen atoms in total. The van der Waals surface area contributed by atoms with Gasteiger partial charge in [-0.1, -0.05) is 53.2 Å². The van der Waals surface area contributed by atoms with Gasteiger partial charge >= 0.3 is 6.18 Å². The van der Waals surface area contributed by atoms with Gasteiger partial charge in [-0.2, -0.15) is 13.2 Å². The van der Waals surface area contributed by atoms with Crippen molar-refractivity contribution in [1.29, 1.82) is 0 Å². The summed E-state index contributed by atoms with van der Waals surface area (Å²) in [5.41, 5.74) is -1.33. The molecular formula is C26H27Br2F3N4O3. The molecule has 3 rings (SSSR count). The largest absolute Gasteiger partial charge is 0.633 e. The molecule has 1 aromatic heterocycles. The lowest BCUT2D eigenvalue weighted by Gasteiger charge is -2.38. The van der Waals surface area contributed by atoms with Crippen molar-refractivity contribution in [2.75, 3.05) is 27.2 Å². The highest BCUT2D eigenvalue weighted by molar-refractivity contribution is 9.10. The summed E-state index contributed by atoms with van der Waals surface area (Å²) in [5.74, 6) is -0.701. The summed E-state index contributed by atoms with van der Waals surface area (Å²) in [6, 6.07) is 14.2. The number of aromatic nitrogens is 2. The third-order valence-corrected chi connectivity index (χ3v) is 7.13. The molecule has 0 spiro atoms. The summed E-state index contributed by atoms with van der Waals surface area (Å²) in [6.45, 7) is 1.55. The fourth-order valence-electron chi connectivity index (χ4n) is 3.96. The summed E-state index contributed by atoms with van der Waals surface area (Å²) >= 11 is 6.13. The molecule has 1 atom stereocenters. The minimum Gasteiger partial charge on any atom is -0.633 e. The SMILES string of the molecule is CCC(c1nc(C(F)(F)F)c(Br)c(=O)n1Cc1ccccc1)N(CC[N+](C)(C)[O-])C(=O)c1ccc(Br)cc1. The molecule has 0 N–H and O–H groups in total. The van der Waals surface area contributed by atoms with E-state index >= 15 is 0 Å². The third kappa shape index (κ3) is 7.31. The molecule has 0 bridgehead atoms. The Morgan fingerprint density at radius 2 is 1.71 bits per heavy atom. The maximum atomic E-state index is 13.9. The number of hydroxylamine groups is 3. The topological polar surface area (TPSA) is 78.3 Å². The molecule has 3 aromatic rings. The lowest BCUT2D eigenvalue weighted by molar-refractivity contribution is -0.839. The first-order chi connectivity index (χ1) is 17.7. The number of hydrogen-bond donors (Lipinski definition) is 0. The van der Waals surface area contributed by atoms with Crippen LogP contribution < -0.4 is 5.56 Å². The Bertz CT molecular complexity index is 1330. The van der Waals surface area contributed by atoms with E-state index in [-0.39, 0.29) is 37.4 Å². The van der Waals surface area contributed by atoms with Crippen molar-refractivity contribution in [2.24, 2.45) is 0 Å². The standard InChI is InChI=1S/C26H27Br2F3N4O3/c1-4-20(33(14-15-35(2,3)38)24(36)18-10-12-19(27)13-11-18)23-32-22(26(29,30)31)21(28)25(37)34(23)16-17-8-6-5-7-9-17/h5-13,20H,4,14-16H2,1-3H3. The first-order valence-electron chi connectivity index (χ1n) is 11.7. The van der Waals surface area contributed by atoms with Crippen molar-refractivity contribution < 1.29 is 22.6 Å². The van der Waals surface area contributed by atoms with Crippen molar-refractivity contribution in [3.05, 3.63) is 102 Å². The Labute approximate surface area is 235 Å². The molecule has 1 unspecified atom stereocenters. The van der Waals surface area contributed by atoms with E-state index in [0.717, 1.165) is 9.04 Å². The van der Waals surface area contributed by atoms with Gasteiger partial charge in [-0.05, 0) is 52.2 Å². The molecule has 1 amide bonds. The molecule has 1 heterocycles. The van der Waals surface area contributed by atoms with E-state index in [1.807, 2.05) is 0 Å². The van der Waals surface area contributed by atoms with E-state index in [1.165, 1.54) is 19.0 Å².